The van der Waals surface area contributed by atoms with Gasteiger partial charge in [-0.15, -0.1) is 22.7 Å². The largest absolute Gasteiger partial charge is 0.307 e. The van der Waals surface area contributed by atoms with Gasteiger partial charge in [0.05, 0.1) is 22.5 Å². The van der Waals surface area contributed by atoms with E-state index in [9.17, 15) is 0 Å². The van der Waals surface area contributed by atoms with E-state index in [2.05, 4.69) is 162 Å². The molecule has 12 aromatic rings. The summed E-state index contributed by atoms with van der Waals surface area (Å²) in [5.74, 6) is 5.26. The molecule has 8 aromatic carbocycles. The zero-order valence-electron chi connectivity index (χ0n) is 65.4. The van der Waals surface area contributed by atoms with Gasteiger partial charge in [-0.05, 0) is 107 Å². The van der Waals surface area contributed by atoms with E-state index in [-0.39, 0.29) is 23.7 Å². The van der Waals surface area contributed by atoms with Gasteiger partial charge < -0.3 is 9.80 Å². The quantitative estimate of drug-likeness (QED) is 0.0366. The van der Waals surface area contributed by atoms with Crippen LogP contribution in [-0.2, 0) is 22.4 Å². The van der Waals surface area contributed by atoms with Crippen LogP contribution in [0.5, 0.6) is 0 Å². The standard InChI is InChI=1S/C98H104N8O2S2/c1-9-17-33-65(13-5)57-79-61-85(109-89(79)69-45-49-75(50-46-69)95-101-91(71-37-25-21-26-38-71)99-92(102-95)72-39-27-22-28-40-72)77-53-55-81-83(59-77)105(63-67(15-7)35-19-11-3)97(107)87(81)88-82-56-54-78(60-84(82)106(98(88)108)64-68(16-8)36-20-12-4)86-62-80(58-66(14-6)34-18-10-2)90(110-86)70-47-51-76(52-48-70)96-103-93(73-41-29-23-30-42-73)100-94(104-96)74-43-31-24-32-44-74/h21-32,37-56,59-62,65-68H,9-20,33-36,57-58,63-64H2,1-8H3/b88-87+. The Morgan fingerprint density at radius 3 is 0.845 bits per heavy atom. The Balaban J connectivity index is 0.856. The number of fused-ring (bicyclic) bond motifs is 2. The summed E-state index contributed by atoms with van der Waals surface area (Å²) in [4.78, 5) is 71.6. The third-order valence-electron chi connectivity index (χ3n) is 22.8. The summed E-state index contributed by atoms with van der Waals surface area (Å²) in [5.41, 5.74) is 17.2. The number of nitrogens with zero attached hydrogens (tertiary/aromatic N) is 8. The lowest BCUT2D eigenvalue weighted by Gasteiger charge is -2.24. The van der Waals surface area contributed by atoms with Crippen molar-refractivity contribution in [2.24, 2.45) is 23.7 Å². The number of rotatable bonds is 34. The highest BCUT2D eigenvalue weighted by Crippen LogP contribution is 2.52. The van der Waals surface area contributed by atoms with Crippen LogP contribution in [0.3, 0.4) is 0 Å². The zero-order valence-corrected chi connectivity index (χ0v) is 67.1. The summed E-state index contributed by atoms with van der Waals surface area (Å²) in [5, 5.41) is 0. The number of amides is 2. The van der Waals surface area contributed by atoms with Gasteiger partial charge in [-0.2, -0.15) is 0 Å². The van der Waals surface area contributed by atoms with Gasteiger partial charge in [0.1, 0.15) is 0 Å². The fourth-order valence-corrected chi connectivity index (χ4v) is 18.4. The molecule has 0 saturated carbocycles. The first-order valence-electron chi connectivity index (χ1n) is 40.9. The predicted octanol–water partition coefficient (Wildman–Crippen LogP) is 26.4. The van der Waals surface area contributed by atoms with Gasteiger partial charge >= 0.3 is 0 Å². The van der Waals surface area contributed by atoms with Crippen LogP contribution >= 0.6 is 22.7 Å². The van der Waals surface area contributed by atoms with Gasteiger partial charge in [0, 0.05) is 77.1 Å². The van der Waals surface area contributed by atoms with Crippen molar-refractivity contribution in [3.63, 3.8) is 0 Å². The molecular weight excluding hydrogens is 1390 g/mol. The number of carbonyl (C=O) groups excluding carboxylic acids is 2. The monoisotopic (exact) mass is 1490 g/mol. The lowest BCUT2D eigenvalue weighted by molar-refractivity contribution is -0.114. The van der Waals surface area contributed by atoms with E-state index in [1.807, 2.05) is 144 Å². The highest BCUT2D eigenvalue weighted by molar-refractivity contribution is 7.19. The molecule has 0 saturated heterocycles. The first kappa shape index (κ1) is 76.6. The molecule has 12 heteroatoms. The van der Waals surface area contributed by atoms with Crippen molar-refractivity contribution in [2.75, 3.05) is 22.9 Å². The van der Waals surface area contributed by atoms with Crippen molar-refractivity contribution in [3.8, 4) is 110 Å². The van der Waals surface area contributed by atoms with E-state index in [1.165, 1.54) is 46.6 Å². The van der Waals surface area contributed by atoms with Gasteiger partial charge in [0.15, 0.2) is 34.9 Å². The Bertz CT molecular complexity index is 4710. The van der Waals surface area contributed by atoms with Crippen molar-refractivity contribution in [1.29, 1.82) is 0 Å². The Morgan fingerprint density at radius 1 is 0.300 bits per heavy atom. The number of benzene rings is 8. The average Bonchev–Trinajstić information content (AvgIpc) is 1.56. The SMILES string of the molecule is CCCCC(CC)Cc1cc(-c2ccc3c(c2)N(CC(CC)CCCC)C(=O)/C3=C2/C(=O)N(CC(CC)CCCC)c3cc(-c4cc(CC(CC)CCCC)c(-c5ccc(-c6nc(-c7ccccc7)nc(-c7ccccc7)n6)cc5)s4)ccc32)sc1-c1ccc(-c2nc(-c3ccccc3)nc(-c3ccccc3)n2)cc1. The number of unbranched alkanes of at least 4 members (excludes halogenated alkanes) is 4. The molecule has 0 aliphatic carbocycles. The summed E-state index contributed by atoms with van der Waals surface area (Å²) >= 11 is 3.67. The van der Waals surface area contributed by atoms with Crippen LogP contribution in [0.25, 0.3) is 121 Å². The number of aromatic nitrogens is 6. The van der Waals surface area contributed by atoms with Gasteiger partial charge in [0.2, 0.25) is 0 Å². The van der Waals surface area contributed by atoms with E-state index in [0.29, 0.717) is 71.0 Å². The molecule has 10 nitrogen and oxygen atoms in total. The number of anilines is 2. The molecule has 4 unspecified atom stereocenters. The topological polar surface area (TPSA) is 118 Å². The molecule has 0 bridgehead atoms. The summed E-state index contributed by atoms with van der Waals surface area (Å²) in [6.45, 7) is 19.4. The van der Waals surface area contributed by atoms with Crippen LogP contribution in [0.15, 0.2) is 218 Å². The van der Waals surface area contributed by atoms with Crippen LogP contribution in [0, 0.1) is 23.7 Å². The normalized spacial score (nSPS) is 14.5. The molecule has 6 heterocycles. The maximum Gasteiger partial charge on any atom is 0.259 e. The molecule has 4 atom stereocenters. The molecule has 0 spiro atoms. The van der Waals surface area contributed by atoms with Gasteiger partial charge in [-0.25, -0.2) is 29.9 Å². The van der Waals surface area contributed by atoms with Gasteiger partial charge in [-0.1, -0.05) is 339 Å². The molecule has 0 N–H and O–H groups in total. The van der Waals surface area contributed by atoms with E-state index in [0.717, 1.165) is 178 Å². The number of hydrogen-bond donors (Lipinski definition) is 0. The van der Waals surface area contributed by atoms with Crippen molar-refractivity contribution in [1.82, 2.24) is 29.9 Å². The minimum atomic E-state index is -0.0828. The first-order valence-corrected chi connectivity index (χ1v) is 42.5. The maximum atomic E-state index is 16.2. The number of hydrogen-bond acceptors (Lipinski definition) is 10. The van der Waals surface area contributed by atoms with E-state index >= 15 is 9.59 Å². The molecule has 2 amide bonds. The second-order valence-electron chi connectivity index (χ2n) is 30.3. The predicted molar refractivity (Wildman–Crippen MR) is 462 cm³/mol. The Kier molecular flexibility index (Phi) is 25.2. The van der Waals surface area contributed by atoms with Crippen LogP contribution in [0.2, 0.25) is 0 Å². The Morgan fingerprint density at radius 2 is 0.564 bits per heavy atom. The van der Waals surface area contributed by atoms with E-state index in [1.54, 1.807) is 0 Å². The van der Waals surface area contributed by atoms with Gasteiger partial charge in [0.25, 0.3) is 11.8 Å². The van der Waals surface area contributed by atoms with E-state index in [4.69, 9.17) is 29.9 Å². The molecule has 2 aliphatic rings. The van der Waals surface area contributed by atoms with Crippen molar-refractivity contribution < 1.29 is 9.59 Å². The van der Waals surface area contributed by atoms with Crippen molar-refractivity contribution >= 4 is 57.0 Å². The maximum absolute atomic E-state index is 16.2. The fourth-order valence-electron chi connectivity index (χ4n) is 16.0. The summed E-state index contributed by atoms with van der Waals surface area (Å²) in [6.07, 6.45) is 19.5. The molecule has 560 valence electrons. The van der Waals surface area contributed by atoms with Crippen LogP contribution in [0.1, 0.15) is 180 Å². The highest BCUT2D eigenvalue weighted by Gasteiger charge is 2.44. The Hall–Kier alpha value is -10.1. The molecule has 110 heavy (non-hydrogen) atoms. The number of carbonyl (C=O) groups is 2. The summed E-state index contributed by atoms with van der Waals surface area (Å²) in [7, 11) is 0. The highest BCUT2D eigenvalue weighted by atomic mass is 32.1. The minimum absolute atomic E-state index is 0.0828. The third kappa shape index (κ3) is 17.1. The van der Waals surface area contributed by atoms with Crippen molar-refractivity contribution in [3.05, 3.63) is 241 Å². The molecule has 0 radical (unpaired) electrons. The van der Waals surface area contributed by atoms with Crippen LogP contribution in [0.4, 0.5) is 11.4 Å². The molecule has 2 aliphatic heterocycles. The Labute approximate surface area is 660 Å². The summed E-state index contributed by atoms with van der Waals surface area (Å²) < 4.78 is 0. The minimum Gasteiger partial charge on any atom is -0.307 e. The first-order chi connectivity index (χ1) is 54.0. The zero-order chi connectivity index (χ0) is 76.0. The number of thiophene rings is 2. The molecule has 14 rings (SSSR count). The lowest BCUT2D eigenvalue weighted by Crippen LogP contribution is -2.34. The third-order valence-corrected chi connectivity index (χ3v) is 25.3. The van der Waals surface area contributed by atoms with Crippen LogP contribution in [-0.4, -0.2) is 54.8 Å². The fraction of sp³-hybridized carbons (Fsp3) is 0.327. The smallest absolute Gasteiger partial charge is 0.259 e. The second kappa shape index (κ2) is 36.1. The molecule has 4 aromatic heterocycles. The molecule has 0 fully saturated rings. The van der Waals surface area contributed by atoms with Crippen LogP contribution < -0.4 is 9.80 Å². The van der Waals surface area contributed by atoms with Gasteiger partial charge in [-0.3, -0.25) is 9.59 Å². The average molecular weight is 1490 g/mol. The molecular formula is C98H104N8O2S2. The second-order valence-corrected chi connectivity index (χ2v) is 32.4. The lowest BCUT2D eigenvalue weighted by atomic mass is 9.90. The van der Waals surface area contributed by atoms with E-state index < -0.39 is 0 Å². The summed E-state index contributed by atoms with van der Waals surface area (Å²) in [6, 6.07) is 76.4. The van der Waals surface area contributed by atoms with Crippen molar-refractivity contribution in [2.45, 2.75) is 171 Å².